The maximum Gasteiger partial charge on any atom is 0.306 e. The third-order valence-corrected chi connectivity index (χ3v) is 6.70. The Bertz CT molecular complexity index is 1490. The molecule has 0 bridgehead atoms. The standard InChI is InChI=1S/C29H28N4O4/c1-17(2)36-26-10-8-19(13-21(26)16-30)28-32-27(33-37-28)25-9-7-18(23-5-3-4-6-24(23)25)14-22-15-20(29(34)35)11-12-31-22/h3-10,13,17,20,22,31H,11-12,14-15H2,1-2H3,(H,34,35). The Hall–Kier alpha value is -4.22. The Morgan fingerprint density at radius 3 is 2.78 bits per heavy atom. The number of aromatic nitrogens is 2. The molecule has 1 aliphatic rings. The number of hydrogen-bond acceptors (Lipinski definition) is 7. The van der Waals surface area contributed by atoms with Crippen LogP contribution in [0.5, 0.6) is 5.75 Å². The van der Waals surface area contributed by atoms with Gasteiger partial charge in [0.15, 0.2) is 0 Å². The predicted molar refractivity (Wildman–Crippen MR) is 139 cm³/mol. The highest BCUT2D eigenvalue weighted by Gasteiger charge is 2.27. The number of nitrogens with one attached hydrogen (secondary N) is 1. The number of fused-ring (bicyclic) bond motifs is 1. The Morgan fingerprint density at radius 2 is 2.03 bits per heavy atom. The van der Waals surface area contributed by atoms with Crippen molar-refractivity contribution < 1.29 is 19.2 Å². The van der Waals surface area contributed by atoms with Crippen molar-refractivity contribution in [3.05, 3.63) is 65.7 Å². The van der Waals surface area contributed by atoms with Gasteiger partial charge in [0.2, 0.25) is 5.82 Å². The maximum absolute atomic E-state index is 11.5. The highest BCUT2D eigenvalue weighted by molar-refractivity contribution is 5.97. The number of piperidine rings is 1. The summed E-state index contributed by atoms with van der Waals surface area (Å²) in [6.45, 7) is 4.53. The smallest absolute Gasteiger partial charge is 0.306 e. The molecule has 2 unspecified atom stereocenters. The van der Waals surface area contributed by atoms with Gasteiger partial charge >= 0.3 is 5.97 Å². The Morgan fingerprint density at radius 1 is 1.22 bits per heavy atom. The largest absolute Gasteiger partial charge is 0.490 e. The summed E-state index contributed by atoms with van der Waals surface area (Å²) in [6, 6.07) is 19.6. The lowest BCUT2D eigenvalue weighted by atomic mass is 9.87. The van der Waals surface area contributed by atoms with Crippen LogP contribution in [0.2, 0.25) is 0 Å². The van der Waals surface area contributed by atoms with Crippen LogP contribution < -0.4 is 10.1 Å². The van der Waals surface area contributed by atoms with Crippen LogP contribution in [0.4, 0.5) is 0 Å². The summed E-state index contributed by atoms with van der Waals surface area (Å²) in [4.78, 5) is 16.1. The number of rotatable bonds is 7. The number of aliphatic carboxylic acids is 1. The molecule has 0 spiro atoms. The maximum atomic E-state index is 11.5. The molecule has 4 aromatic rings. The zero-order chi connectivity index (χ0) is 25.9. The van der Waals surface area contributed by atoms with Gasteiger partial charge in [-0.1, -0.05) is 41.6 Å². The molecule has 1 saturated heterocycles. The second kappa shape index (κ2) is 10.4. The summed E-state index contributed by atoms with van der Waals surface area (Å²) in [5.41, 5.74) is 3.03. The molecule has 2 atom stereocenters. The van der Waals surface area contributed by atoms with Crippen molar-refractivity contribution in [2.45, 2.75) is 45.3 Å². The van der Waals surface area contributed by atoms with E-state index >= 15 is 0 Å². The molecule has 2 heterocycles. The lowest BCUT2D eigenvalue weighted by molar-refractivity contribution is -0.142. The van der Waals surface area contributed by atoms with Crippen LogP contribution in [0.25, 0.3) is 33.6 Å². The third kappa shape index (κ3) is 5.18. The second-order valence-corrected chi connectivity index (χ2v) is 9.65. The fourth-order valence-corrected chi connectivity index (χ4v) is 4.94. The first kappa shape index (κ1) is 24.5. The SMILES string of the molecule is CC(C)Oc1ccc(-c2nc(-c3ccc(CC4CC(C(=O)O)CCN4)c4ccccc34)no2)cc1C#N. The normalized spacial score (nSPS) is 17.6. The van der Waals surface area contributed by atoms with Crippen LogP contribution in [-0.2, 0) is 11.2 Å². The van der Waals surface area contributed by atoms with Crippen molar-refractivity contribution in [1.29, 1.82) is 5.26 Å². The summed E-state index contributed by atoms with van der Waals surface area (Å²) in [5, 5.41) is 28.8. The molecular formula is C29H28N4O4. The molecule has 0 radical (unpaired) electrons. The number of carbonyl (C=O) groups is 1. The molecule has 8 heteroatoms. The van der Waals surface area contributed by atoms with E-state index in [0.29, 0.717) is 48.0 Å². The van der Waals surface area contributed by atoms with Crippen molar-refractivity contribution in [2.75, 3.05) is 6.54 Å². The monoisotopic (exact) mass is 496 g/mol. The van der Waals surface area contributed by atoms with Crippen molar-refractivity contribution in [3.8, 4) is 34.7 Å². The average molecular weight is 497 g/mol. The van der Waals surface area contributed by atoms with Gasteiger partial charge < -0.3 is 19.7 Å². The Kier molecular flexibility index (Phi) is 6.89. The minimum absolute atomic E-state index is 0.0447. The number of benzene rings is 3. The molecule has 188 valence electrons. The van der Waals surface area contributed by atoms with E-state index in [0.717, 1.165) is 28.3 Å². The number of carboxylic acid groups (broad SMARTS) is 1. The lowest BCUT2D eigenvalue weighted by Crippen LogP contribution is -2.41. The van der Waals surface area contributed by atoms with Crippen molar-refractivity contribution in [2.24, 2.45) is 5.92 Å². The van der Waals surface area contributed by atoms with Crippen LogP contribution in [0.3, 0.4) is 0 Å². The molecule has 37 heavy (non-hydrogen) atoms. The molecule has 5 rings (SSSR count). The summed E-state index contributed by atoms with van der Waals surface area (Å²) in [7, 11) is 0. The number of nitrogens with zero attached hydrogens (tertiary/aromatic N) is 3. The van der Waals surface area contributed by atoms with Gasteiger partial charge in [0.1, 0.15) is 11.8 Å². The van der Waals surface area contributed by atoms with Crippen molar-refractivity contribution in [1.82, 2.24) is 15.5 Å². The Labute approximate surface area is 214 Å². The quantitative estimate of drug-likeness (QED) is 0.358. The van der Waals surface area contributed by atoms with E-state index in [9.17, 15) is 15.2 Å². The first-order valence-electron chi connectivity index (χ1n) is 12.4. The zero-order valence-electron chi connectivity index (χ0n) is 20.8. The van der Waals surface area contributed by atoms with Crippen LogP contribution >= 0.6 is 0 Å². The molecular weight excluding hydrogens is 468 g/mol. The van der Waals surface area contributed by atoms with Gasteiger partial charge in [-0.15, -0.1) is 0 Å². The summed E-state index contributed by atoms with van der Waals surface area (Å²) >= 11 is 0. The number of hydrogen-bond donors (Lipinski definition) is 2. The minimum atomic E-state index is -0.719. The fraction of sp³-hybridized carbons (Fsp3) is 0.310. The molecule has 0 amide bonds. The van der Waals surface area contributed by atoms with Gasteiger partial charge in [-0.25, -0.2) is 0 Å². The second-order valence-electron chi connectivity index (χ2n) is 9.65. The molecule has 1 aromatic heterocycles. The van der Waals surface area contributed by atoms with E-state index < -0.39 is 5.97 Å². The van der Waals surface area contributed by atoms with Gasteiger partial charge in [-0.3, -0.25) is 4.79 Å². The highest BCUT2D eigenvalue weighted by Crippen LogP contribution is 2.33. The van der Waals surface area contributed by atoms with Crippen LogP contribution in [0, 0.1) is 17.2 Å². The van der Waals surface area contributed by atoms with E-state index in [-0.39, 0.29) is 18.1 Å². The number of nitriles is 1. The zero-order valence-corrected chi connectivity index (χ0v) is 20.8. The van der Waals surface area contributed by atoms with Gasteiger partial charge in [-0.05, 0) is 74.2 Å². The first-order valence-corrected chi connectivity index (χ1v) is 12.4. The number of ether oxygens (including phenoxy) is 1. The molecule has 2 N–H and O–H groups in total. The van der Waals surface area contributed by atoms with Crippen LogP contribution in [0.15, 0.2) is 59.1 Å². The van der Waals surface area contributed by atoms with Gasteiger partial charge in [0.05, 0.1) is 17.6 Å². The summed E-state index contributed by atoms with van der Waals surface area (Å²) in [6.07, 6.45) is 1.97. The third-order valence-electron chi connectivity index (χ3n) is 6.70. The van der Waals surface area contributed by atoms with E-state index in [2.05, 4.69) is 33.7 Å². The van der Waals surface area contributed by atoms with E-state index in [4.69, 9.17) is 9.26 Å². The fourth-order valence-electron chi connectivity index (χ4n) is 4.94. The topological polar surface area (TPSA) is 121 Å². The molecule has 1 aliphatic heterocycles. The average Bonchev–Trinajstić information content (AvgIpc) is 3.39. The molecule has 8 nitrogen and oxygen atoms in total. The Balaban J connectivity index is 1.44. The lowest BCUT2D eigenvalue weighted by Gasteiger charge is -2.28. The molecule has 1 fully saturated rings. The van der Waals surface area contributed by atoms with E-state index in [1.54, 1.807) is 18.2 Å². The molecule has 0 saturated carbocycles. The van der Waals surface area contributed by atoms with Crippen LogP contribution in [-0.4, -0.2) is 39.9 Å². The molecule has 3 aromatic carbocycles. The first-order chi connectivity index (χ1) is 17.9. The predicted octanol–water partition coefficient (Wildman–Crippen LogP) is 5.21. The summed E-state index contributed by atoms with van der Waals surface area (Å²) in [5.74, 6) is 0.276. The minimum Gasteiger partial charge on any atom is -0.490 e. The van der Waals surface area contributed by atoms with E-state index in [1.165, 1.54) is 0 Å². The highest BCUT2D eigenvalue weighted by atomic mass is 16.5. The van der Waals surface area contributed by atoms with Gasteiger partial charge in [0, 0.05) is 17.2 Å². The number of carboxylic acids is 1. The van der Waals surface area contributed by atoms with Gasteiger partial charge in [0.25, 0.3) is 5.89 Å². The van der Waals surface area contributed by atoms with Crippen molar-refractivity contribution in [3.63, 3.8) is 0 Å². The molecule has 0 aliphatic carbocycles. The van der Waals surface area contributed by atoms with Crippen LogP contribution in [0.1, 0.15) is 37.8 Å². The van der Waals surface area contributed by atoms with Crippen molar-refractivity contribution >= 4 is 16.7 Å². The summed E-state index contributed by atoms with van der Waals surface area (Å²) < 4.78 is 11.3. The van der Waals surface area contributed by atoms with E-state index in [1.807, 2.05) is 38.1 Å². The van der Waals surface area contributed by atoms with Gasteiger partial charge in [-0.2, -0.15) is 10.2 Å².